The van der Waals surface area contributed by atoms with Crippen LogP contribution in [0.15, 0.2) is 42.5 Å². The normalized spacial score (nSPS) is 15.3. The molecule has 1 atom stereocenters. The predicted molar refractivity (Wildman–Crippen MR) is 110 cm³/mol. The molecule has 0 radical (unpaired) electrons. The van der Waals surface area contributed by atoms with Gasteiger partial charge in [0.05, 0.1) is 40.6 Å². The highest BCUT2D eigenvalue weighted by molar-refractivity contribution is 7.83. The fourth-order valence-corrected chi connectivity index (χ4v) is 4.77. The number of hydrogen-bond acceptors (Lipinski definition) is 4. The maximum Gasteiger partial charge on any atom is 0.258 e. The Morgan fingerprint density at radius 2 is 1.93 bits per heavy atom. The molecule has 0 saturated heterocycles. The van der Waals surface area contributed by atoms with Gasteiger partial charge in [0.15, 0.2) is 0 Å². The van der Waals surface area contributed by atoms with E-state index in [-0.39, 0.29) is 5.02 Å². The standard InChI is InChI=1S/C19H15Cl2N3O3S/c1-27-13-5-3-12(4-6-13)24-18(15-9-28(26)10-17(15)23-24)22-19(25)14-7-2-11(20)8-16(14)21/h2-8H,9-10H2,1H3,(H,22,25)/t28-/m1/s1. The van der Waals surface area contributed by atoms with Gasteiger partial charge in [-0.05, 0) is 42.5 Å². The molecule has 28 heavy (non-hydrogen) atoms. The smallest absolute Gasteiger partial charge is 0.258 e. The number of hydrogen-bond donors (Lipinski definition) is 1. The Kier molecular flexibility index (Phi) is 5.14. The van der Waals surface area contributed by atoms with E-state index in [1.165, 1.54) is 6.07 Å². The molecule has 3 aromatic rings. The van der Waals surface area contributed by atoms with Gasteiger partial charge in [-0.2, -0.15) is 5.10 Å². The van der Waals surface area contributed by atoms with Crippen molar-refractivity contribution in [2.75, 3.05) is 12.4 Å². The molecule has 1 aliphatic heterocycles. The zero-order valence-electron chi connectivity index (χ0n) is 14.7. The van der Waals surface area contributed by atoms with Crippen LogP contribution in [0.4, 0.5) is 5.82 Å². The van der Waals surface area contributed by atoms with Crippen LogP contribution in [-0.2, 0) is 22.3 Å². The zero-order chi connectivity index (χ0) is 19.8. The van der Waals surface area contributed by atoms with E-state index < -0.39 is 16.7 Å². The number of aromatic nitrogens is 2. The Bertz CT molecular complexity index is 1100. The van der Waals surface area contributed by atoms with Crippen LogP contribution >= 0.6 is 23.2 Å². The van der Waals surface area contributed by atoms with Crippen molar-refractivity contribution in [3.63, 3.8) is 0 Å². The summed E-state index contributed by atoms with van der Waals surface area (Å²) in [6, 6.07) is 12.0. The van der Waals surface area contributed by atoms with Gasteiger partial charge in [-0.15, -0.1) is 0 Å². The van der Waals surface area contributed by atoms with E-state index in [2.05, 4.69) is 10.4 Å². The van der Waals surface area contributed by atoms with E-state index in [0.717, 1.165) is 11.3 Å². The minimum absolute atomic E-state index is 0.251. The van der Waals surface area contributed by atoms with Crippen LogP contribution in [0, 0.1) is 0 Å². The summed E-state index contributed by atoms with van der Waals surface area (Å²) in [5.74, 6) is 1.51. The molecule has 1 aromatic heterocycles. The minimum atomic E-state index is -1.03. The maximum atomic E-state index is 12.8. The molecule has 0 bridgehead atoms. The number of carbonyl (C=O) groups excluding carboxylic acids is 1. The summed E-state index contributed by atoms with van der Waals surface area (Å²) in [6.07, 6.45) is 0. The van der Waals surface area contributed by atoms with Crippen LogP contribution in [0.1, 0.15) is 21.6 Å². The van der Waals surface area contributed by atoms with E-state index in [4.69, 9.17) is 27.9 Å². The Hall–Kier alpha value is -2.35. The lowest BCUT2D eigenvalue weighted by molar-refractivity contribution is 0.102. The van der Waals surface area contributed by atoms with Crippen molar-refractivity contribution in [1.29, 1.82) is 0 Å². The summed E-state index contributed by atoms with van der Waals surface area (Å²) in [5.41, 5.74) is 2.53. The van der Waals surface area contributed by atoms with Gasteiger partial charge in [0, 0.05) is 21.4 Å². The largest absolute Gasteiger partial charge is 0.497 e. The molecule has 6 nitrogen and oxygen atoms in total. The highest BCUT2D eigenvalue weighted by atomic mass is 35.5. The maximum absolute atomic E-state index is 12.8. The Balaban J connectivity index is 1.74. The summed E-state index contributed by atoms with van der Waals surface area (Å²) in [6.45, 7) is 0. The topological polar surface area (TPSA) is 73.2 Å². The summed E-state index contributed by atoms with van der Waals surface area (Å²) in [5, 5.41) is 8.14. The molecule has 0 spiro atoms. The molecule has 1 N–H and O–H groups in total. The first-order valence-electron chi connectivity index (χ1n) is 8.33. The number of halogens is 2. The van der Waals surface area contributed by atoms with E-state index in [1.54, 1.807) is 23.9 Å². The number of methoxy groups -OCH3 is 1. The molecule has 144 valence electrons. The van der Waals surface area contributed by atoms with E-state index in [1.807, 2.05) is 24.3 Å². The number of benzene rings is 2. The summed E-state index contributed by atoms with van der Waals surface area (Å²) in [4.78, 5) is 12.8. The van der Waals surface area contributed by atoms with Crippen LogP contribution in [0.3, 0.4) is 0 Å². The van der Waals surface area contributed by atoms with Crippen LogP contribution in [0.25, 0.3) is 5.69 Å². The third-order valence-corrected chi connectivity index (χ3v) is 6.15. The van der Waals surface area contributed by atoms with Gasteiger partial charge in [0.1, 0.15) is 11.6 Å². The van der Waals surface area contributed by atoms with Gasteiger partial charge in [0.25, 0.3) is 5.91 Å². The third kappa shape index (κ3) is 3.53. The van der Waals surface area contributed by atoms with Gasteiger partial charge in [-0.3, -0.25) is 9.00 Å². The fraction of sp³-hybridized carbons (Fsp3) is 0.158. The second-order valence-electron chi connectivity index (χ2n) is 6.19. The van der Waals surface area contributed by atoms with Gasteiger partial charge in [0.2, 0.25) is 0 Å². The average molecular weight is 436 g/mol. The minimum Gasteiger partial charge on any atom is -0.497 e. The molecule has 4 rings (SSSR count). The van der Waals surface area contributed by atoms with E-state index in [0.29, 0.717) is 39.4 Å². The van der Waals surface area contributed by atoms with Crippen molar-refractivity contribution in [2.24, 2.45) is 0 Å². The van der Waals surface area contributed by atoms with Gasteiger partial charge < -0.3 is 10.1 Å². The molecular weight excluding hydrogens is 421 g/mol. The van der Waals surface area contributed by atoms with Crippen molar-refractivity contribution in [3.8, 4) is 11.4 Å². The highest BCUT2D eigenvalue weighted by Gasteiger charge is 2.28. The zero-order valence-corrected chi connectivity index (χ0v) is 17.1. The third-order valence-electron chi connectivity index (χ3n) is 4.39. The molecule has 0 fully saturated rings. The average Bonchev–Trinajstić information content (AvgIpc) is 3.18. The number of amides is 1. The van der Waals surface area contributed by atoms with Crippen LogP contribution in [0.2, 0.25) is 10.0 Å². The van der Waals surface area contributed by atoms with Crippen molar-refractivity contribution < 1.29 is 13.7 Å². The molecule has 0 aliphatic carbocycles. The second-order valence-corrected chi connectivity index (χ2v) is 8.49. The first-order valence-corrected chi connectivity index (χ1v) is 10.6. The van der Waals surface area contributed by atoms with E-state index in [9.17, 15) is 9.00 Å². The highest BCUT2D eigenvalue weighted by Crippen LogP contribution is 2.32. The van der Waals surface area contributed by atoms with Gasteiger partial charge >= 0.3 is 0 Å². The van der Waals surface area contributed by atoms with Crippen LogP contribution in [-0.4, -0.2) is 27.0 Å². The molecule has 2 heterocycles. The Labute approximate surface area is 173 Å². The first kappa shape index (κ1) is 19.0. The van der Waals surface area contributed by atoms with Crippen LogP contribution in [0.5, 0.6) is 5.75 Å². The van der Waals surface area contributed by atoms with Crippen molar-refractivity contribution in [3.05, 3.63) is 69.3 Å². The number of carbonyl (C=O) groups is 1. The second kappa shape index (κ2) is 7.58. The SMILES string of the molecule is COc1ccc(-n2nc3c(c2NC(=O)c2ccc(Cl)cc2Cl)C[S@@](=O)C3)cc1. The van der Waals surface area contributed by atoms with Gasteiger partial charge in [-0.25, -0.2) is 4.68 Å². The van der Waals surface area contributed by atoms with Crippen molar-refractivity contribution in [1.82, 2.24) is 9.78 Å². The van der Waals surface area contributed by atoms with Crippen LogP contribution < -0.4 is 10.1 Å². The number of ether oxygens (including phenoxy) is 1. The Morgan fingerprint density at radius 3 is 2.61 bits per heavy atom. The number of nitrogens with one attached hydrogen (secondary N) is 1. The monoisotopic (exact) mass is 435 g/mol. The molecule has 1 amide bonds. The summed E-state index contributed by atoms with van der Waals surface area (Å²) in [7, 11) is 0.566. The quantitative estimate of drug-likeness (QED) is 0.666. The molecule has 1 aliphatic rings. The molecular formula is C19H15Cl2N3O3S. The van der Waals surface area contributed by atoms with E-state index >= 15 is 0 Å². The molecule has 0 saturated carbocycles. The molecule has 2 aromatic carbocycles. The lowest BCUT2D eigenvalue weighted by atomic mass is 10.2. The number of nitrogens with zero attached hydrogens (tertiary/aromatic N) is 2. The molecule has 0 unspecified atom stereocenters. The van der Waals surface area contributed by atoms with Crippen molar-refractivity contribution in [2.45, 2.75) is 11.5 Å². The number of fused-ring (bicyclic) bond motifs is 1. The van der Waals surface area contributed by atoms with Gasteiger partial charge in [-0.1, -0.05) is 23.2 Å². The lowest BCUT2D eigenvalue weighted by Gasteiger charge is -2.12. The predicted octanol–water partition coefficient (Wildman–Crippen LogP) is 4.20. The summed E-state index contributed by atoms with van der Waals surface area (Å²) < 4.78 is 18.8. The fourth-order valence-electron chi connectivity index (χ4n) is 3.01. The lowest BCUT2D eigenvalue weighted by Crippen LogP contribution is -2.17. The molecule has 9 heteroatoms. The number of rotatable bonds is 4. The van der Waals surface area contributed by atoms with Crippen molar-refractivity contribution >= 4 is 45.7 Å². The summed E-state index contributed by atoms with van der Waals surface area (Å²) >= 11 is 12.1. The number of anilines is 1. The Morgan fingerprint density at radius 1 is 1.18 bits per heavy atom. The first-order chi connectivity index (χ1) is 13.5.